The van der Waals surface area contributed by atoms with Crippen molar-refractivity contribution >= 4 is 27.3 Å². The van der Waals surface area contributed by atoms with Crippen LogP contribution < -0.4 is 10.0 Å². The zero-order valence-corrected chi connectivity index (χ0v) is 12.9. The molecule has 0 spiro atoms. The van der Waals surface area contributed by atoms with Crippen LogP contribution in [-0.4, -0.2) is 40.6 Å². The van der Waals surface area contributed by atoms with Crippen LogP contribution >= 0.6 is 11.3 Å². The first kappa shape index (κ1) is 15.4. The second kappa shape index (κ2) is 6.66. The Morgan fingerprint density at radius 2 is 2.40 bits per heavy atom. The van der Waals surface area contributed by atoms with Crippen molar-refractivity contribution in [1.29, 1.82) is 0 Å². The summed E-state index contributed by atoms with van der Waals surface area (Å²) in [6, 6.07) is 1.80. The quantitative estimate of drug-likeness (QED) is 0.763. The number of esters is 1. The highest BCUT2D eigenvalue weighted by molar-refractivity contribution is 7.89. The lowest BCUT2D eigenvalue weighted by molar-refractivity contribution is 0.0602. The zero-order valence-electron chi connectivity index (χ0n) is 11.2. The summed E-state index contributed by atoms with van der Waals surface area (Å²) >= 11 is 1.06. The molecular weight excluding hydrogens is 300 g/mol. The van der Waals surface area contributed by atoms with Crippen LogP contribution in [0.4, 0.5) is 0 Å². The maximum Gasteiger partial charge on any atom is 0.349 e. The Labute approximate surface area is 122 Å². The molecule has 0 saturated carbocycles. The molecule has 6 nitrogen and oxygen atoms in total. The Morgan fingerprint density at radius 3 is 3.05 bits per heavy atom. The van der Waals surface area contributed by atoms with Crippen LogP contribution in [0.15, 0.2) is 16.3 Å². The van der Waals surface area contributed by atoms with E-state index in [2.05, 4.69) is 14.8 Å². The number of methoxy groups -OCH3 is 1. The third-order valence-corrected chi connectivity index (χ3v) is 5.76. The van der Waals surface area contributed by atoms with E-state index in [4.69, 9.17) is 0 Å². The van der Waals surface area contributed by atoms with Crippen LogP contribution in [0.2, 0.25) is 0 Å². The van der Waals surface area contributed by atoms with Gasteiger partial charge in [0.05, 0.1) is 7.11 Å². The van der Waals surface area contributed by atoms with Crippen molar-refractivity contribution in [3.63, 3.8) is 0 Å². The molecule has 0 unspecified atom stereocenters. The van der Waals surface area contributed by atoms with Gasteiger partial charge < -0.3 is 10.1 Å². The molecule has 0 aliphatic carbocycles. The molecule has 0 radical (unpaired) electrons. The monoisotopic (exact) mass is 318 g/mol. The summed E-state index contributed by atoms with van der Waals surface area (Å²) in [5.41, 5.74) is 0. The van der Waals surface area contributed by atoms with Crippen molar-refractivity contribution in [2.75, 3.05) is 20.2 Å². The molecule has 1 aliphatic heterocycles. The molecule has 1 aliphatic rings. The van der Waals surface area contributed by atoms with Crippen LogP contribution in [0.25, 0.3) is 0 Å². The second-order valence-corrected chi connectivity index (χ2v) is 7.24. The summed E-state index contributed by atoms with van der Waals surface area (Å²) in [4.78, 5) is 11.6. The van der Waals surface area contributed by atoms with Crippen molar-refractivity contribution < 1.29 is 17.9 Å². The molecule has 1 aromatic rings. The van der Waals surface area contributed by atoms with E-state index >= 15 is 0 Å². The predicted molar refractivity (Wildman–Crippen MR) is 76.5 cm³/mol. The molecule has 0 aromatic carbocycles. The number of carbonyl (C=O) groups is 1. The lowest BCUT2D eigenvalue weighted by atomic mass is 10.2. The maximum atomic E-state index is 12.2. The van der Waals surface area contributed by atoms with Crippen molar-refractivity contribution in [3.05, 3.63) is 16.3 Å². The standard InChI is InChI=1S/C12H18N2O4S2/c1-18-12(15)11-10(5-8-19-11)20(16,17)14-7-4-9-3-2-6-13-9/h5,8-9,13-14H,2-4,6-7H2,1H3/t9-/m1/s1. The zero-order chi connectivity index (χ0) is 14.6. The third kappa shape index (κ3) is 3.57. The molecule has 0 amide bonds. The van der Waals surface area contributed by atoms with Gasteiger partial charge in [-0.15, -0.1) is 11.3 Å². The molecule has 2 N–H and O–H groups in total. The summed E-state index contributed by atoms with van der Waals surface area (Å²) in [6.07, 6.45) is 2.96. The Kier molecular flexibility index (Phi) is 5.14. The molecule has 8 heteroatoms. The Balaban J connectivity index is 1.99. The van der Waals surface area contributed by atoms with Gasteiger partial charge in [-0.1, -0.05) is 0 Å². The minimum absolute atomic E-state index is 0.00580. The van der Waals surface area contributed by atoms with Gasteiger partial charge in [0.25, 0.3) is 0 Å². The summed E-state index contributed by atoms with van der Waals surface area (Å²) in [5, 5.41) is 4.88. The van der Waals surface area contributed by atoms with Gasteiger partial charge >= 0.3 is 5.97 Å². The number of hydrogen-bond donors (Lipinski definition) is 2. The smallest absolute Gasteiger partial charge is 0.349 e. The molecule has 2 rings (SSSR count). The van der Waals surface area contributed by atoms with Crippen molar-refractivity contribution in [2.45, 2.75) is 30.2 Å². The molecule has 1 aromatic heterocycles. The van der Waals surface area contributed by atoms with Crippen molar-refractivity contribution in [2.24, 2.45) is 0 Å². The number of thiophene rings is 1. The first-order chi connectivity index (χ1) is 9.54. The fourth-order valence-electron chi connectivity index (χ4n) is 2.20. The van der Waals surface area contributed by atoms with Crippen LogP contribution in [0.5, 0.6) is 0 Å². The summed E-state index contributed by atoms with van der Waals surface area (Å²) in [6.45, 7) is 1.35. The average Bonchev–Trinajstić information content (AvgIpc) is 3.08. The second-order valence-electron chi connectivity index (χ2n) is 4.59. The van der Waals surface area contributed by atoms with Crippen LogP contribution in [-0.2, 0) is 14.8 Å². The van der Waals surface area contributed by atoms with E-state index in [0.717, 1.165) is 37.1 Å². The van der Waals surface area contributed by atoms with E-state index in [0.29, 0.717) is 12.6 Å². The van der Waals surface area contributed by atoms with Gasteiger partial charge in [0.1, 0.15) is 9.77 Å². The topological polar surface area (TPSA) is 84.5 Å². The number of ether oxygens (including phenoxy) is 1. The van der Waals surface area contributed by atoms with Crippen molar-refractivity contribution in [1.82, 2.24) is 10.0 Å². The summed E-state index contributed by atoms with van der Waals surface area (Å²) in [7, 11) is -2.43. The van der Waals surface area contributed by atoms with Gasteiger partial charge in [-0.25, -0.2) is 17.9 Å². The van der Waals surface area contributed by atoms with Gasteiger partial charge in [-0.2, -0.15) is 0 Å². The first-order valence-electron chi connectivity index (χ1n) is 6.43. The molecule has 1 fully saturated rings. The number of rotatable bonds is 6. The molecule has 2 heterocycles. The van der Waals surface area contributed by atoms with Crippen LogP contribution in [0.3, 0.4) is 0 Å². The van der Waals surface area contributed by atoms with Gasteiger partial charge in [-0.05, 0) is 37.3 Å². The van der Waals surface area contributed by atoms with Gasteiger partial charge in [0.2, 0.25) is 10.0 Å². The minimum atomic E-state index is -3.66. The number of hydrogen-bond acceptors (Lipinski definition) is 6. The van der Waals surface area contributed by atoms with E-state index in [1.165, 1.54) is 13.2 Å². The molecular formula is C12H18N2O4S2. The van der Waals surface area contributed by atoms with E-state index < -0.39 is 16.0 Å². The van der Waals surface area contributed by atoms with E-state index in [1.807, 2.05) is 0 Å². The normalized spacial score (nSPS) is 19.1. The molecule has 20 heavy (non-hydrogen) atoms. The fraction of sp³-hybridized carbons (Fsp3) is 0.583. The highest BCUT2D eigenvalue weighted by Crippen LogP contribution is 2.22. The average molecular weight is 318 g/mol. The van der Waals surface area contributed by atoms with Gasteiger partial charge in [0.15, 0.2) is 0 Å². The lowest BCUT2D eigenvalue weighted by Crippen LogP contribution is -2.31. The highest BCUT2D eigenvalue weighted by atomic mass is 32.2. The molecule has 1 saturated heterocycles. The minimum Gasteiger partial charge on any atom is -0.465 e. The molecule has 0 bridgehead atoms. The first-order valence-corrected chi connectivity index (χ1v) is 8.80. The Morgan fingerprint density at radius 1 is 1.60 bits per heavy atom. The lowest BCUT2D eigenvalue weighted by Gasteiger charge is -2.11. The van der Waals surface area contributed by atoms with Gasteiger partial charge in [-0.3, -0.25) is 0 Å². The van der Waals surface area contributed by atoms with E-state index in [9.17, 15) is 13.2 Å². The SMILES string of the molecule is COC(=O)c1sccc1S(=O)(=O)NCC[C@H]1CCCN1. The van der Waals surface area contributed by atoms with E-state index in [-0.39, 0.29) is 9.77 Å². The fourth-order valence-corrected chi connectivity index (χ4v) is 4.58. The third-order valence-electron chi connectivity index (χ3n) is 3.24. The predicted octanol–water partition coefficient (Wildman–Crippen LogP) is 0.955. The number of nitrogens with one attached hydrogen (secondary N) is 2. The van der Waals surface area contributed by atoms with E-state index in [1.54, 1.807) is 5.38 Å². The molecule has 1 atom stereocenters. The summed E-state index contributed by atoms with van der Waals surface area (Å²) < 4.78 is 31.5. The van der Waals surface area contributed by atoms with Crippen LogP contribution in [0, 0.1) is 0 Å². The Bertz CT molecular complexity index is 562. The van der Waals surface area contributed by atoms with Crippen LogP contribution in [0.1, 0.15) is 28.9 Å². The number of carbonyl (C=O) groups excluding carboxylic acids is 1. The molecule has 112 valence electrons. The number of sulfonamides is 1. The largest absolute Gasteiger partial charge is 0.465 e. The van der Waals surface area contributed by atoms with Crippen molar-refractivity contribution in [3.8, 4) is 0 Å². The Hall–Kier alpha value is -0.960. The summed E-state index contributed by atoms with van der Waals surface area (Å²) in [5.74, 6) is -0.627. The highest BCUT2D eigenvalue weighted by Gasteiger charge is 2.24. The maximum absolute atomic E-state index is 12.2. The van der Waals surface area contributed by atoms with Gasteiger partial charge in [0, 0.05) is 12.6 Å².